The molecule has 2 heterocycles. The van der Waals surface area contributed by atoms with Gasteiger partial charge in [0.1, 0.15) is 5.01 Å². The molecule has 0 unspecified atom stereocenters. The van der Waals surface area contributed by atoms with Gasteiger partial charge in [-0.05, 0) is 18.5 Å². The fourth-order valence-electron chi connectivity index (χ4n) is 1.01. The summed E-state index contributed by atoms with van der Waals surface area (Å²) in [5.41, 5.74) is 0.808. The average Bonchev–Trinajstić information content (AvgIpc) is 2.62. The Morgan fingerprint density at radius 1 is 1.43 bits per heavy atom. The van der Waals surface area contributed by atoms with Crippen LogP contribution in [0.3, 0.4) is 0 Å². The van der Waals surface area contributed by atoms with Crippen LogP contribution in [0.5, 0.6) is 0 Å². The van der Waals surface area contributed by atoms with Gasteiger partial charge in [-0.25, -0.2) is 0 Å². The normalized spacial score (nSPS) is 10.8. The van der Waals surface area contributed by atoms with Crippen LogP contribution in [0.2, 0.25) is 9.49 Å². The van der Waals surface area contributed by atoms with E-state index in [1.807, 2.05) is 6.92 Å². The van der Waals surface area contributed by atoms with Gasteiger partial charge in [0.15, 0.2) is 0 Å². The van der Waals surface area contributed by atoms with Crippen LogP contribution in [-0.4, -0.2) is 20.0 Å². The lowest BCUT2D eigenvalue weighted by Crippen LogP contribution is -1.99. The van der Waals surface area contributed by atoms with Crippen molar-refractivity contribution in [2.75, 3.05) is 0 Å². The largest absolute Gasteiger partial charge is 0.264 e. The summed E-state index contributed by atoms with van der Waals surface area (Å²) in [6.45, 7) is 2.41. The topological polar surface area (TPSA) is 43.6 Å². The average molecular weight is 249 g/mol. The number of nitrogens with zero attached hydrogens (tertiary/aromatic N) is 4. The van der Waals surface area contributed by atoms with E-state index in [9.17, 15) is 0 Å². The highest BCUT2D eigenvalue weighted by Crippen LogP contribution is 2.17. The van der Waals surface area contributed by atoms with Crippen molar-refractivity contribution in [1.29, 1.82) is 0 Å². The summed E-state index contributed by atoms with van der Waals surface area (Å²) in [5.74, 6) is 0. The second-order valence-electron chi connectivity index (χ2n) is 2.71. The molecule has 2 aromatic rings. The van der Waals surface area contributed by atoms with Gasteiger partial charge in [-0.15, -0.1) is 10.2 Å². The van der Waals surface area contributed by atoms with Crippen molar-refractivity contribution < 1.29 is 0 Å². The minimum absolute atomic E-state index is 0.440. The van der Waals surface area contributed by atoms with Crippen molar-refractivity contribution in [3.8, 4) is 0 Å². The lowest BCUT2D eigenvalue weighted by atomic mass is 10.5. The van der Waals surface area contributed by atoms with E-state index >= 15 is 0 Å². The molecule has 7 heteroatoms. The SMILES string of the molecule is Cc1nn(Cc2nnc(Cl)s2)cc1Cl. The molecular weight excluding hydrogens is 243 g/mol. The van der Waals surface area contributed by atoms with Crippen molar-refractivity contribution in [2.24, 2.45) is 0 Å². The summed E-state index contributed by atoms with van der Waals surface area (Å²) in [6, 6.07) is 0. The van der Waals surface area contributed by atoms with E-state index in [0.717, 1.165) is 10.7 Å². The van der Waals surface area contributed by atoms with Crippen molar-refractivity contribution in [3.05, 3.63) is 26.4 Å². The Hall–Kier alpha value is -0.650. The Morgan fingerprint density at radius 2 is 2.21 bits per heavy atom. The van der Waals surface area contributed by atoms with E-state index in [-0.39, 0.29) is 0 Å². The number of aromatic nitrogens is 4. The molecule has 0 saturated carbocycles. The summed E-state index contributed by atoms with van der Waals surface area (Å²) in [6.07, 6.45) is 1.76. The second kappa shape index (κ2) is 3.84. The molecule has 0 spiro atoms. The van der Waals surface area contributed by atoms with Crippen LogP contribution in [0.1, 0.15) is 10.7 Å². The maximum Gasteiger partial charge on any atom is 0.207 e. The summed E-state index contributed by atoms with van der Waals surface area (Å²) in [7, 11) is 0. The number of hydrogen-bond donors (Lipinski definition) is 0. The van der Waals surface area contributed by atoms with Gasteiger partial charge in [-0.2, -0.15) is 5.10 Å². The molecular formula is C7H6Cl2N4S. The van der Waals surface area contributed by atoms with Crippen molar-refractivity contribution in [2.45, 2.75) is 13.5 Å². The van der Waals surface area contributed by atoms with Crippen LogP contribution in [-0.2, 0) is 6.54 Å². The molecule has 4 nitrogen and oxygen atoms in total. The van der Waals surface area contributed by atoms with Crippen LogP contribution in [0.25, 0.3) is 0 Å². The zero-order valence-corrected chi connectivity index (χ0v) is 9.57. The number of aryl methyl sites for hydroxylation is 1. The highest BCUT2D eigenvalue weighted by molar-refractivity contribution is 7.15. The molecule has 0 amide bonds. The molecule has 0 bridgehead atoms. The predicted molar refractivity (Wildman–Crippen MR) is 56.0 cm³/mol. The molecule has 0 saturated heterocycles. The van der Waals surface area contributed by atoms with E-state index in [0.29, 0.717) is 16.0 Å². The molecule has 0 atom stereocenters. The molecule has 2 rings (SSSR count). The molecule has 14 heavy (non-hydrogen) atoms. The van der Waals surface area contributed by atoms with E-state index in [4.69, 9.17) is 23.2 Å². The van der Waals surface area contributed by atoms with Crippen LogP contribution in [0.4, 0.5) is 0 Å². The summed E-state index contributed by atoms with van der Waals surface area (Å²) in [4.78, 5) is 0. The first-order valence-corrected chi connectivity index (χ1v) is 5.40. The zero-order chi connectivity index (χ0) is 10.1. The summed E-state index contributed by atoms with van der Waals surface area (Å²) in [5, 5.41) is 13.2. The Balaban J connectivity index is 2.18. The quantitative estimate of drug-likeness (QED) is 0.820. The van der Waals surface area contributed by atoms with Crippen LogP contribution >= 0.6 is 34.5 Å². The first-order valence-electron chi connectivity index (χ1n) is 3.82. The first kappa shape index (κ1) is 9.89. The van der Waals surface area contributed by atoms with Gasteiger partial charge in [-0.3, -0.25) is 4.68 Å². The van der Waals surface area contributed by atoms with Gasteiger partial charge >= 0.3 is 0 Å². The van der Waals surface area contributed by atoms with Gasteiger partial charge in [0.2, 0.25) is 4.47 Å². The number of rotatable bonds is 2. The van der Waals surface area contributed by atoms with E-state index in [2.05, 4.69) is 15.3 Å². The number of halogens is 2. The van der Waals surface area contributed by atoms with Crippen LogP contribution in [0, 0.1) is 6.92 Å². The molecule has 0 aliphatic heterocycles. The fraction of sp³-hybridized carbons (Fsp3) is 0.286. The Labute approximate surface area is 94.5 Å². The zero-order valence-electron chi connectivity index (χ0n) is 7.24. The van der Waals surface area contributed by atoms with Crippen LogP contribution < -0.4 is 0 Å². The van der Waals surface area contributed by atoms with E-state index in [1.165, 1.54) is 11.3 Å². The Kier molecular flexibility index (Phi) is 2.71. The first-order chi connectivity index (χ1) is 6.65. The van der Waals surface area contributed by atoms with Gasteiger partial charge < -0.3 is 0 Å². The molecule has 0 aliphatic rings. The predicted octanol–water partition coefficient (Wildman–Crippen LogP) is 2.40. The van der Waals surface area contributed by atoms with E-state index in [1.54, 1.807) is 10.9 Å². The monoisotopic (exact) mass is 248 g/mol. The standard InChI is InChI=1S/C7H6Cl2N4S/c1-4-5(8)2-13(12-4)3-6-10-11-7(9)14-6/h2H,3H2,1H3. The molecule has 74 valence electrons. The molecule has 0 N–H and O–H groups in total. The molecule has 0 radical (unpaired) electrons. The van der Waals surface area contributed by atoms with Gasteiger partial charge in [0, 0.05) is 6.20 Å². The maximum absolute atomic E-state index is 5.86. The summed E-state index contributed by atoms with van der Waals surface area (Å²) < 4.78 is 2.16. The van der Waals surface area contributed by atoms with Gasteiger partial charge in [-0.1, -0.05) is 22.9 Å². The molecule has 0 aromatic carbocycles. The fourth-order valence-corrected chi connectivity index (χ4v) is 2.02. The highest BCUT2D eigenvalue weighted by atomic mass is 35.5. The molecule has 0 fully saturated rings. The Morgan fingerprint density at radius 3 is 2.71 bits per heavy atom. The molecule has 0 aliphatic carbocycles. The Bertz CT molecular complexity index is 431. The lowest BCUT2D eigenvalue weighted by Gasteiger charge is -1.94. The maximum atomic E-state index is 5.86. The molecule has 2 aromatic heterocycles. The summed E-state index contributed by atoms with van der Waals surface area (Å²) >= 11 is 12.8. The van der Waals surface area contributed by atoms with Crippen molar-refractivity contribution >= 4 is 34.5 Å². The third-order valence-electron chi connectivity index (χ3n) is 1.63. The lowest BCUT2D eigenvalue weighted by molar-refractivity contribution is 0.670. The third kappa shape index (κ3) is 2.05. The van der Waals surface area contributed by atoms with Gasteiger partial charge in [0.05, 0.1) is 17.3 Å². The minimum atomic E-state index is 0.440. The minimum Gasteiger partial charge on any atom is -0.264 e. The van der Waals surface area contributed by atoms with Crippen molar-refractivity contribution in [3.63, 3.8) is 0 Å². The third-order valence-corrected chi connectivity index (χ3v) is 3.00. The highest BCUT2D eigenvalue weighted by Gasteiger charge is 2.06. The number of hydrogen-bond acceptors (Lipinski definition) is 4. The van der Waals surface area contributed by atoms with E-state index < -0.39 is 0 Å². The second-order valence-corrected chi connectivity index (χ2v) is 4.76. The smallest absolute Gasteiger partial charge is 0.207 e. The van der Waals surface area contributed by atoms with Crippen molar-refractivity contribution in [1.82, 2.24) is 20.0 Å². The van der Waals surface area contributed by atoms with Gasteiger partial charge in [0.25, 0.3) is 0 Å². The van der Waals surface area contributed by atoms with Crippen LogP contribution in [0.15, 0.2) is 6.20 Å².